The van der Waals surface area contributed by atoms with Crippen molar-refractivity contribution in [3.63, 3.8) is 0 Å². The SMILES string of the molecule is COC(C)CS(=O)(=O)Nc1ccc(C(=O)O)cc1C. The summed E-state index contributed by atoms with van der Waals surface area (Å²) in [6.45, 7) is 3.30. The minimum Gasteiger partial charge on any atom is -0.478 e. The van der Waals surface area contributed by atoms with Gasteiger partial charge in [0.25, 0.3) is 0 Å². The molecular weight excluding hydrogens is 270 g/mol. The van der Waals surface area contributed by atoms with Gasteiger partial charge < -0.3 is 9.84 Å². The lowest BCUT2D eigenvalue weighted by Gasteiger charge is -2.13. The Bertz CT molecular complexity index is 567. The second-order valence-corrected chi connectivity index (χ2v) is 6.03. The summed E-state index contributed by atoms with van der Waals surface area (Å²) in [4.78, 5) is 10.8. The second-order valence-electron chi connectivity index (χ2n) is 4.26. The van der Waals surface area contributed by atoms with Crippen molar-refractivity contribution in [1.29, 1.82) is 0 Å². The lowest BCUT2D eigenvalue weighted by Crippen LogP contribution is -2.25. The van der Waals surface area contributed by atoms with E-state index in [4.69, 9.17) is 9.84 Å². The van der Waals surface area contributed by atoms with Crippen LogP contribution >= 0.6 is 0 Å². The molecule has 6 nitrogen and oxygen atoms in total. The number of benzene rings is 1. The fraction of sp³-hybridized carbons (Fsp3) is 0.417. The van der Waals surface area contributed by atoms with Crippen molar-refractivity contribution in [3.8, 4) is 0 Å². The highest BCUT2D eigenvalue weighted by Gasteiger charge is 2.16. The summed E-state index contributed by atoms with van der Waals surface area (Å²) in [5, 5.41) is 8.83. The van der Waals surface area contributed by atoms with Gasteiger partial charge in [-0.25, -0.2) is 13.2 Å². The molecular formula is C12H17NO5S. The van der Waals surface area contributed by atoms with Crippen molar-refractivity contribution >= 4 is 21.7 Å². The third-order valence-corrected chi connectivity index (χ3v) is 4.03. The van der Waals surface area contributed by atoms with Crippen LogP contribution in [0, 0.1) is 6.92 Å². The van der Waals surface area contributed by atoms with Gasteiger partial charge in [0.2, 0.25) is 10.0 Å². The van der Waals surface area contributed by atoms with E-state index < -0.39 is 22.1 Å². The molecule has 0 aliphatic heterocycles. The van der Waals surface area contributed by atoms with Gasteiger partial charge in [-0.05, 0) is 37.6 Å². The zero-order valence-corrected chi connectivity index (χ0v) is 11.8. The van der Waals surface area contributed by atoms with E-state index in [1.165, 1.54) is 25.3 Å². The Morgan fingerprint density at radius 3 is 2.58 bits per heavy atom. The number of methoxy groups -OCH3 is 1. The molecule has 0 bridgehead atoms. The zero-order valence-electron chi connectivity index (χ0n) is 11.0. The maximum absolute atomic E-state index is 11.8. The Balaban J connectivity index is 2.91. The molecule has 0 aromatic heterocycles. The highest BCUT2D eigenvalue weighted by Crippen LogP contribution is 2.18. The summed E-state index contributed by atoms with van der Waals surface area (Å²) in [7, 11) is -2.09. The molecule has 2 N–H and O–H groups in total. The molecule has 0 heterocycles. The maximum atomic E-state index is 11.8. The first-order valence-corrected chi connectivity index (χ1v) is 7.27. The first kappa shape index (κ1) is 15.5. The number of aromatic carboxylic acids is 1. The second kappa shape index (κ2) is 6.03. The first-order valence-electron chi connectivity index (χ1n) is 5.62. The van der Waals surface area contributed by atoms with E-state index in [1.54, 1.807) is 13.8 Å². The summed E-state index contributed by atoms with van der Waals surface area (Å²) in [5.41, 5.74) is 1.03. The summed E-state index contributed by atoms with van der Waals surface area (Å²) in [6.07, 6.45) is -0.420. The van der Waals surface area contributed by atoms with Gasteiger partial charge in [-0.15, -0.1) is 0 Å². The number of carbonyl (C=O) groups is 1. The van der Waals surface area contributed by atoms with Crippen LogP contribution in [0.4, 0.5) is 5.69 Å². The van der Waals surface area contributed by atoms with Crippen molar-refractivity contribution in [3.05, 3.63) is 29.3 Å². The molecule has 0 aliphatic carbocycles. The van der Waals surface area contributed by atoms with Gasteiger partial charge in [0.15, 0.2) is 0 Å². The van der Waals surface area contributed by atoms with E-state index >= 15 is 0 Å². The number of aryl methyl sites for hydroxylation is 1. The summed E-state index contributed by atoms with van der Waals surface area (Å²) >= 11 is 0. The van der Waals surface area contributed by atoms with Crippen LogP contribution in [-0.4, -0.2) is 38.5 Å². The molecule has 19 heavy (non-hydrogen) atoms. The van der Waals surface area contributed by atoms with Crippen LogP contribution in [-0.2, 0) is 14.8 Å². The van der Waals surface area contributed by atoms with Crippen LogP contribution in [0.1, 0.15) is 22.8 Å². The van der Waals surface area contributed by atoms with Crippen molar-refractivity contribution in [2.45, 2.75) is 20.0 Å². The first-order chi connectivity index (χ1) is 8.75. The van der Waals surface area contributed by atoms with Gasteiger partial charge in [0.1, 0.15) is 0 Å². The molecule has 7 heteroatoms. The number of anilines is 1. The lowest BCUT2D eigenvalue weighted by molar-refractivity contribution is 0.0697. The van der Waals surface area contributed by atoms with Gasteiger partial charge >= 0.3 is 5.97 Å². The summed E-state index contributed by atoms with van der Waals surface area (Å²) in [6, 6.07) is 4.21. The number of ether oxygens (including phenoxy) is 1. The predicted molar refractivity (Wildman–Crippen MR) is 72.0 cm³/mol. The molecule has 1 rings (SSSR count). The number of sulfonamides is 1. The molecule has 0 amide bonds. The maximum Gasteiger partial charge on any atom is 0.335 e. The third kappa shape index (κ3) is 4.53. The van der Waals surface area contributed by atoms with Crippen LogP contribution in [0.5, 0.6) is 0 Å². The Hall–Kier alpha value is -1.60. The van der Waals surface area contributed by atoms with Gasteiger partial charge in [-0.2, -0.15) is 0 Å². The van der Waals surface area contributed by atoms with Crippen molar-refractivity contribution < 1.29 is 23.1 Å². The monoisotopic (exact) mass is 287 g/mol. The van der Waals surface area contributed by atoms with Crippen LogP contribution < -0.4 is 4.72 Å². The topological polar surface area (TPSA) is 92.7 Å². The molecule has 1 unspecified atom stereocenters. The highest BCUT2D eigenvalue weighted by molar-refractivity contribution is 7.92. The molecule has 0 fully saturated rings. The molecule has 0 radical (unpaired) electrons. The Morgan fingerprint density at radius 2 is 2.11 bits per heavy atom. The van der Waals surface area contributed by atoms with E-state index in [2.05, 4.69) is 4.72 Å². The van der Waals surface area contributed by atoms with Gasteiger partial charge in [0, 0.05) is 7.11 Å². The molecule has 1 aromatic carbocycles. The smallest absolute Gasteiger partial charge is 0.335 e. The Kier molecular flexibility index (Phi) is 4.90. The lowest BCUT2D eigenvalue weighted by atomic mass is 10.1. The average molecular weight is 287 g/mol. The highest BCUT2D eigenvalue weighted by atomic mass is 32.2. The largest absolute Gasteiger partial charge is 0.478 e. The van der Waals surface area contributed by atoms with E-state index in [0.29, 0.717) is 11.3 Å². The van der Waals surface area contributed by atoms with E-state index in [-0.39, 0.29) is 11.3 Å². The predicted octanol–water partition coefficient (Wildman–Crippen LogP) is 1.47. The average Bonchev–Trinajstić information content (AvgIpc) is 2.30. The number of rotatable bonds is 6. The fourth-order valence-corrected chi connectivity index (χ4v) is 2.90. The number of carboxylic acids is 1. The molecule has 0 saturated carbocycles. The molecule has 106 valence electrons. The Morgan fingerprint density at radius 1 is 1.47 bits per heavy atom. The minimum atomic E-state index is -3.52. The minimum absolute atomic E-state index is 0.116. The number of hydrogen-bond donors (Lipinski definition) is 2. The summed E-state index contributed by atoms with van der Waals surface area (Å²) in [5.74, 6) is -1.21. The standard InChI is InChI=1S/C12H17NO5S/c1-8-6-10(12(14)15)4-5-11(8)13-19(16,17)7-9(2)18-3/h4-6,9,13H,7H2,1-3H3,(H,14,15). The van der Waals surface area contributed by atoms with Crippen molar-refractivity contribution in [2.75, 3.05) is 17.6 Å². The zero-order chi connectivity index (χ0) is 14.6. The van der Waals surface area contributed by atoms with E-state index in [1.807, 2.05) is 0 Å². The quantitative estimate of drug-likeness (QED) is 0.826. The molecule has 0 spiro atoms. The van der Waals surface area contributed by atoms with Crippen molar-refractivity contribution in [1.82, 2.24) is 0 Å². The molecule has 0 saturated heterocycles. The molecule has 0 aliphatic rings. The molecule has 1 atom stereocenters. The van der Waals surface area contributed by atoms with Crippen LogP contribution in [0.25, 0.3) is 0 Å². The van der Waals surface area contributed by atoms with E-state index in [9.17, 15) is 13.2 Å². The number of hydrogen-bond acceptors (Lipinski definition) is 4. The van der Waals surface area contributed by atoms with Crippen LogP contribution in [0.15, 0.2) is 18.2 Å². The van der Waals surface area contributed by atoms with Gasteiger partial charge in [0.05, 0.1) is 23.1 Å². The summed E-state index contributed by atoms with van der Waals surface area (Å²) < 4.78 is 31.0. The van der Waals surface area contributed by atoms with Crippen LogP contribution in [0.3, 0.4) is 0 Å². The van der Waals surface area contributed by atoms with E-state index in [0.717, 1.165) is 0 Å². The van der Waals surface area contributed by atoms with Gasteiger partial charge in [-0.3, -0.25) is 4.72 Å². The normalized spacial score (nSPS) is 13.0. The van der Waals surface area contributed by atoms with Gasteiger partial charge in [-0.1, -0.05) is 0 Å². The number of carboxylic acid groups (broad SMARTS) is 1. The number of nitrogens with one attached hydrogen (secondary N) is 1. The van der Waals surface area contributed by atoms with Crippen molar-refractivity contribution in [2.24, 2.45) is 0 Å². The Labute approximate surface area is 112 Å². The fourth-order valence-electron chi connectivity index (χ4n) is 1.50. The van der Waals surface area contributed by atoms with Crippen LogP contribution in [0.2, 0.25) is 0 Å². The molecule has 1 aromatic rings. The third-order valence-electron chi connectivity index (χ3n) is 2.60.